The van der Waals surface area contributed by atoms with Gasteiger partial charge in [0.2, 0.25) is 0 Å². The van der Waals surface area contributed by atoms with Crippen LogP contribution in [-0.2, 0) is 4.79 Å². The predicted octanol–water partition coefficient (Wildman–Crippen LogP) is 1.27. The highest BCUT2D eigenvalue weighted by Gasteiger charge is 2.46. The summed E-state index contributed by atoms with van der Waals surface area (Å²) in [7, 11) is 0. The third kappa shape index (κ3) is 1.90. The molecule has 3 N–H and O–H groups in total. The Morgan fingerprint density at radius 1 is 1.33 bits per heavy atom. The number of nitrogens with one attached hydrogen (secondary N) is 1. The number of carbonyl (C=O) groups is 2. The third-order valence-corrected chi connectivity index (χ3v) is 3.19. The monoisotopic (exact) mass is 253 g/mol. The van der Waals surface area contributed by atoms with Crippen molar-refractivity contribution < 1.29 is 24.2 Å². The van der Waals surface area contributed by atoms with E-state index in [-0.39, 0.29) is 0 Å². The molecule has 18 heavy (non-hydrogen) atoms. The molecule has 96 valence electrons. The lowest BCUT2D eigenvalue weighted by Crippen LogP contribution is -2.59. The molecule has 0 spiro atoms. The van der Waals surface area contributed by atoms with Crippen LogP contribution in [0.5, 0.6) is 5.75 Å². The van der Waals surface area contributed by atoms with Gasteiger partial charge in [0.15, 0.2) is 0 Å². The first-order chi connectivity index (χ1) is 8.46. The minimum atomic E-state index is -1.33. The first-order valence-electron chi connectivity index (χ1n) is 5.50. The Balaban J connectivity index is 2.25. The SMILES string of the molecule is O=C(NC1(C(=O)O)CCC1)c1c(O)cccc1F. The lowest BCUT2D eigenvalue weighted by molar-refractivity contribution is -0.148. The van der Waals surface area contributed by atoms with Gasteiger partial charge >= 0.3 is 5.97 Å². The normalized spacial score (nSPS) is 16.7. The highest BCUT2D eigenvalue weighted by molar-refractivity contribution is 6.00. The van der Waals surface area contributed by atoms with E-state index in [0.717, 1.165) is 6.07 Å². The van der Waals surface area contributed by atoms with Crippen molar-refractivity contribution in [3.05, 3.63) is 29.6 Å². The molecule has 5 nitrogen and oxygen atoms in total. The number of phenolic OH excluding ortho intramolecular Hbond substituents is 1. The van der Waals surface area contributed by atoms with Gasteiger partial charge in [0.05, 0.1) is 0 Å². The van der Waals surface area contributed by atoms with E-state index < -0.39 is 34.5 Å². The number of carbonyl (C=O) groups excluding carboxylic acids is 1. The second kappa shape index (κ2) is 4.29. The van der Waals surface area contributed by atoms with Crippen molar-refractivity contribution in [2.45, 2.75) is 24.8 Å². The zero-order valence-corrected chi connectivity index (χ0v) is 9.44. The summed E-state index contributed by atoms with van der Waals surface area (Å²) in [5, 5.41) is 20.8. The molecular weight excluding hydrogens is 241 g/mol. The zero-order chi connectivity index (χ0) is 13.3. The van der Waals surface area contributed by atoms with Crippen LogP contribution >= 0.6 is 0 Å². The van der Waals surface area contributed by atoms with Crippen LogP contribution in [-0.4, -0.2) is 27.6 Å². The zero-order valence-electron chi connectivity index (χ0n) is 9.44. The van der Waals surface area contributed by atoms with E-state index in [0.29, 0.717) is 19.3 Å². The molecule has 0 radical (unpaired) electrons. The summed E-state index contributed by atoms with van der Waals surface area (Å²) in [5.74, 6) is -3.44. The van der Waals surface area contributed by atoms with E-state index in [4.69, 9.17) is 5.11 Å². The Bertz CT molecular complexity index is 491. The van der Waals surface area contributed by atoms with Crippen LogP contribution in [0.2, 0.25) is 0 Å². The molecule has 0 saturated heterocycles. The van der Waals surface area contributed by atoms with Gasteiger partial charge < -0.3 is 15.5 Å². The number of rotatable bonds is 3. The summed E-state index contributed by atoms with van der Waals surface area (Å²) >= 11 is 0. The van der Waals surface area contributed by atoms with Crippen LogP contribution < -0.4 is 5.32 Å². The van der Waals surface area contributed by atoms with Gasteiger partial charge in [-0.05, 0) is 31.4 Å². The summed E-state index contributed by atoms with van der Waals surface area (Å²) in [6.07, 6.45) is 1.31. The van der Waals surface area contributed by atoms with Gasteiger partial charge in [0, 0.05) is 0 Å². The van der Waals surface area contributed by atoms with Gasteiger partial charge in [-0.25, -0.2) is 9.18 Å². The van der Waals surface area contributed by atoms with E-state index in [9.17, 15) is 19.1 Å². The molecule has 0 bridgehead atoms. The Morgan fingerprint density at radius 2 is 2.00 bits per heavy atom. The Hall–Kier alpha value is -2.11. The molecular formula is C12H12FNO4. The quantitative estimate of drug-likeness (QED) is 0.757. The molecule has 1 aliphatic rings. The van der Waals surface area contributed by atoms with Crippen LogP contribution in [0.25, 0.3) is 0 Å². The van der Waals surface area contributed by atoms with Crippen LogP contribution in [0, 0.1) is 5.82 Å². The summed E-state index contributed by atoms with van der Waals surface area (Å²) in [6.45, 7) is 0. The molecule has 0 aromatic heterocycles. The topological polar surface area (TPSA) is 86.6 Å². The maximum absolute atomic E-state index is 13.4. The van der Waals surface area contributed by atoms with Crippen LogP contribution in [0.15, 0.2) is 18.2 Å². The van der Waals surface area contributed by atoms with Crippen molar-refractivity contribution >= 4 is 11.9 Å². The van der Waals surface area contributed by atoms with E-state index in [1.54, 1.807) is 0 Å². The van der Waals surface area contributed by atoms with Gasteiger partial charge in [-0.2, -0.15) is 0 Å². The molecule has 6 heteroatoms. The summed E-state index contributed by atoms with van der Waals surface area (Å²) in [6, 6.07) is 3.47. The largest absolute Gasteiger partial charge is 0.507 e. The van der Waals surface area contributed by atoms with Crippen LogP contribution in [0.4, 0.5) is 4.39 Å². The Morgan fingerprint density at radius 3 is 2.44 bits per heavy atom. The molecule has 0 unspecified atom stereocenters. The molecule has 1 saturated carbocycles. The number of phenols is 1. The van der Waals surface area contributed by atoms with Crippen molar-refractivity contribution in [3.63, 3.8) is 0 Å². The van der Waals surface area contributed by atoms with E-state index in [1.807, 2.05) is 0 Å². The Labute approximate surface area is 102 Å². The minimum absolute atomic E-state index is 0.309. The predicted molar refractivity (Wildman–Crippen MR) is 59.7 cm³/mol. The van der Waals surface area contributed by atoms with Gasteiger partial charge in [0.1, 0.15) is 22.7 Å². The molecule has 1 aromatic carbocycles. The lowest BCUT2D eigenvalue weighted by Gasteiger charge is -2.38. The molecule has 0 heterocycles. The van der Waals surface area contributed by atoms with Crippen molar-refractivity contribution in [1.82, 2.24) is 5.32 Å². The van der Waals surface area contributed by atoms with Crippen molar-refractivity contribution in [2.75, 3.05) is 0 Å². The van der Waals surface area contributed by atoms with Gasteiger partial charge in [-0.1, -0.05) is 6.07 Å². The smallest absolute Gasteiger partial charge is 0.329 e. The molecule has 0 atom stereocenters. The fraction of sp³-hybridized carbons (Fsp3) is 0.333. The van der Waals surface area contributed by atoms with Crippen LogP contribution in [0.3, 0.4) is 0 Å². The standard InChI is InChI=1S/C12H12FNO4/c13-7-3-1-4-8(15)9(7)10(16)14-12(11(17)18)5-2-6-12/h1,3-4,15H,2,5-6H2,(H,14,16)(H,17,18). The van der Waals surface area contributed by atoms with Gasteiger partial charge in [0.25, 0.3) is 5.91 Å². The number of hydrogen-bond acceptors (Lipinski definition) is 3. The average Bonchev–Trinajstić information content (AvgIpc) is 2.22. The number of aromatic hydroxyl groups is 1. The highest BCUT2D eigenvalue weighted by Crippen LogP contribution is 2.33. The van der Waals surface area contributed by atoms with Crippen molar-refractivity contribution in [1.29, 1.82) is 0 Å². The minimum Gasteiger partial charge on any atom is -0.507 e. The maximum atomic E-state index is 13.4. The number of halogens is 1. The molecule has 1 amide bonds. The van der Waals surface area contributed by atoms with E-state index in [1.165, 1.54) is 12.1 Å². The van der Waals surface area contributed by atoms with Crippen LogP contribution in [0.1, 0.15) is 29.6 Å². The fourth-order valence-corrected chi connectivity index (χ4v) is 1.94. The number of benzene rings is 1. The number of aliphatic carboxylic acids is 1. The van der Waals surface area contributed by atoms with Gasteiger partial charge in [-0.15, -0.1) is 0 Å². The molecule has 0 aliphatic heterocycles. The second-order valence-corrected chi connectivity index (χ2v) is 4.33. The molecule has 1 aliphatic carbocycles. The maximum Gasteiger partial charge on any atom is 0.329 e. The van der Waals surface area contributed by atoms with Gasteiger partial charge in [-0.3, -0.25) is 4.79 Å². The number of hydrogen-bond donors (Lipinski definition) is 3. The summed E-state index contributed by atoms with van der Waals surface area (Å²) < 4.78 is 13.4. The second-order valence-electron chi connectivity index (χ2n) is 4.33. The first kappa shape index (κ1) is 12.3. The highest BCUT2D eigenvalue weighted by atomic mass is 19.1. The van der Waals surface area contributed by atoms with E-state index in [2.05, 4.69) is 5.32 Å². The molecule has 2 rings (SSSR count). The number of carboxylic acid groups (broad SMARTS) is 1. The van der Waals surface area contributed by atoms with Crippen molar-refractivity contribution in [2.24, 2.45) is 0 Å². The van der Waals surface area contributed by atoms with Crippen molar-refractivity contribution in [3.8, 4) is 5.75 Å². The Kier molecular flexibility index (Phi) is 2.94. The average molecular weight is 253 g/mol. The number of amides is 1. The summed E-state index contributed by atoms with van der Waals surface area (Å²) in [5.41, 5.74) is -1.85. The molecule has 1 aromatic rings. The molecule has 1 fully saturated rings. The fourth-order valence-electron chi connectivity index (χ4n) is 1.94. The lowest BCUT2D eigenvalue weighted by atomic mass is 9.76. The summed E-state index contributed by atoms with van der Waals surface area (Å²) in [4.78, 5) is 22.9. The number of carboxylic acids is 1. The van der Waals surface area contributed by atoms with E-state index >= 15 is 0 Å². The first-order valence-corrected chi connectivity index (χ1v) is 5.50. The third-order valence-electron chi connectivity index (χ3n) is 3.19.